The second kappa shape index (κ2) is 8.12. The Morgan fingerprint density at radius 3 is 2.58 bits per heavy atom. The minimum atomic E-state index is -0.344. The number of benzene rings is 1. The van der Waals surface area contributed by atoms with Crippen LogP contribution in [-0.2, 0) is 18.4 Å². The first-order valence-electron chi connectivity index (χ1n) is 8.90. The lowest BCUT2D eigenvalue weighted by Gasteiger charge is -2.20. The van der Waals surface area contributed by atoms with Crippen LogP contribution in [0.1, 0.15) is 48.2 Å². The van der Waals surface area contributed by atoms with Gasteiger partial charge in [-0.15, -0.1) is 0 Å². The number of anilines is 1. The van der Waals surface area contributed by atoms with Crippen molar-refractivity contribution in [2.24, 2.45) is 13.0 Å². The van der Waals surface area contributed by atoms with Gasteiger partial charge in [0.05, 0.1) is 0 Å². The van der Waals surface area contributed by atoms with E-state index in [1.54, 1.807) is 25.2 Å². The largest absolute Gasteiger partial charge is 0.347 e. The lowest BCUT2D eigenvalue weighted by atomic mass is 9.89. The summed E-state index contributed by atoms with van der Waals surface area (Å²) in [5.41, 5.74) is 1.02. The second-order valence-corrected chi connectivity index (χ2v) is 6.67. The molecule has 1 aromatic carbocycles. The summed E-state index contributed by atoms with van der Waals surface area (Å²) in [6.07, 6.45) is 5.18. The van der Waals surface area contributed by atoms with E-state index in [9.17, 15) is 14.0 Å². The second-order valence-electron chi connectivity index (χ2n) is 6.67. The third-order valence-corrected chi connectivity index (χ3v) is 4.71. The van der Waals surface area contributed by atoms with Crippen LogP contribution in [0.25, 0.3) is 0 Å². The molecule has 138 valence electrons. The van der Waals surface area contributed by atoms with Gasteiger partial charge in [0.25, 0.3) is 5.91 Å². The lowest BCUT2D eigenvalue weighted by Crippen LogP contribution is -2.25. The molecule has 26 heavy (non-hydrogen) atoms. The molecule has 0 aliphatic heterocycles. The van der Waals surface area contributed by atoms with E-state index in [4.69, 9.17) is 0 Å². The molecule has 1 saturated carbocycles. The van der Waals surface area contributed by atoms with Gasteiger partial charge < -0.3 is 10.6 Å². The van der Waals surface area contributed by atoms with E-state index in [1.807, 2.05) is 0 Å². The highest BCUT2D eigenvalue weighted by Gasteiger charge is 2.22. The van der Waals surface area contributed by atoms with Gasteiger partial charge in [0.2, 0.25) is 5.91 Å². The Morgan fingerprint density at radius 1 is 1.19 bits per heavy atom. The van der Waals surface area contributed by atoms with E-state index in [2.05, 4.69) is 15.7 Å². The molecule has 0 saturated heterocycles. The van der Waals surface area contributed by atoms with Gasteiger partial charge >= 0.3 is 0 Å². The topological polar surface area (TPSA) is 76.0 Å². The Hall–Kier alpha value is -2.70. The van der Waals surface area contributed by atoms with Crippen LogP contribution in [0.15, 0.2) is 30.3 Å². The monoisotopic (exact) mass is 358 g/mol. The molecule has 0 unspecified atom stereocenters. The van der Waals surface area contributed by atoms with Crippen molar-refractivity contribution < 1.29 is 14.0 Å². The Bertz CT molecular complexity index is 779. The first kappa shape index (κ1) is 18.1. The molecule has 1 heterocycles. The molecule has 2 N–H and O–H groups in total. The van der Waals surface area contributed by atoms with Crippen molar-refractivity contribution in [3.05, 3.63) is 47.4 Å². The number of carbonyl (C=O) groups excluding carboxylic acids is 2. The van der Waals surface area contributed by atoms with Crippen LogP contribution < -0.4 is 10.6 Å². The van der Waals surface area contributed by atoms with E-state index >= 15 is 0 Å². The summed E-state index contributed by atoms with van der Waals surface area (Å²) in [5, 5.41) is 9.78. The third kappa shape index (κ3) is 4.47. The molecule has 0 atom stereocenters. The van der Waals surface area contributed by atoms with Gasteiger partial charge in [-0.3, -0.25) is 14.3 Å². The quantitative estimate of drug-likeness (QED) is 0.863. The summed E-state index contributed by atoms with van der Waals surface area (Å²) >= 11 is 0. The molecule has 6 nitrogen and oxygen atoms in total. The van der Waals surface area contributed by atoms with Crippen LogP contribution in [0.4, 0.5) is 10.2 Å². The molecule has 0 radical (unpaired) electrons. The van der Waals surface area contributed by atoms with E-state index in [-0.39, 0.29) is 35.8 Å². The molecule has 1 aliphatic rings. The molecule has 0 bridgehead atoms. The molecule has 2 amide bonds. The maximum absolute atomic E-state index is 12.9. The number of carbonyl (C=O) groups is 2. The number of aromatic nitrogens is 2. The number of aryl methyl sites for hydroxylation is 1. The number of hydrogen-bond acceptors (Lipinski definition) is 3. The Labute approximate surface area is 151 Å². The maximum atomic E-state index is 12.9. The molecule has 1 aliphatic carbocycles. The zero-order chi connectivity index (χ0) is 18.5. The highest BCUT2D eigenvalue weighted by atomic mass is 19.1. The lowest BCUT2D eigenvalue weighted by molar-refractivity contribution is -0.120. The van der Waals surface area contributed by atoms with Crippen molar-refractivity contribution in [2.75, 3.05) is 5.32 Å². The molecule has 3 rings (SSSR count). The van der Waals surface area contributed by atoms with Gasteiger partial charge in [-0.1, -0.05) is 31.4 Å². The van der Waals surface area contributed by atoms with E-state index in [0.29, 0.717) is 5.82 Å². The predicted molar refractivity (Wildman–Crippen MR) is 96.0 cm³/mol. The highest BCUT2D eigenvalue weighted by Crippen LogP contribution is 2.25. The fourth-order valence-electron chi connectivity index (χ4n) is 3.16. The number of hydrogen-bond donors (Lipinski definition) is 2. The summed E-state index contributed by atoms with van der Waals surface area (Å²) in [4.78, 5) is 24.6. The molecule has 1 fully saturated rings. The predicted octanol–water partition coefficient (Wildman–Crippen LogP) is 3.01. The van der Waals surface area contributed by atoms with E-state index < -0.39 is 0 Å². The fraction of sp³-hybridized carbons (Fsp3) is 0.421. The first-order chi connectivity index (χ1) is 12.5. The maximum Gasteiger partial charge on any atom is 0.272 e. The van der Waals surface area contributed by atoms with Crippen molar-refractivity contribution in [1.82, 2.24) is 15.1 Å². The summed E-state index contributed by atoms with van der Waals surface area (Å²) in [6.45, 7) is 0.277. The number of nitrogens with zero attached hydrogens (tertiary/aromatic N) is 2. The molecular formula is C19H23FN4O2. The van der Waals surface area contributed by atoms with Crippen molar-refractivity contribution in [2.45, 2.75) is 38.6 Å². The average molecular weight is 358 g/mol. The molecule has 0 spiro atoms. The van der Waals surface area contributed by atoms with Gasteiger partial charge in [-0.2, -0.15) is 5.10 Å². The van der Waals surface area contributed by atoms with Crippen LogP contribution >= 0.6 is 0 Å². The Kier molecular flexibility index (Phi) is 5.65. The van der Waals surface area contributed by atoms with E-state index in [1.165, 1.54) is 23.2 Å². The molecular weight excluding hydrogens is 335 g/mol. The van der Waals surface area contributed by atoms with Crippen LogP contribution in [0, 0.1) is 11.7 Å². The van der Waals surface area contributed by atoms with Gasteiger partial charge in [0.1, 0.15) is 11.6 Å². The van der Waals surface area contributed by atoms with Crippen LogP contribution in [-0.4, -0.2) is 21.6 Å². The van der Waals surface area contributed by atoms with Crippen molar-refractivity contribution >= 4 is 17.6 Å². The van der Waals surface area contributed by atoms with Crippen molar-refractivity contribution in [1.29, 1.82) is 0 Å². The number of halogens is 1. The number of rotatable bonds is 5. The van der Waals surface area contributed by atoms with Crippen LogP contribution in [0.2, 0.25) is 0 Å². The third-order valence-electron chi connectivity index (χ3n) is 4.71. The van der Waals surface area contributed by atoms with E-state index in [0.717, 1.165) is 31.2 Å². The SMILES string of the molecule is Cn1nc(C(=O)NCc2ccc(F)cc2)cc1NC(=O)C1CCCCC1. The minimum Gasteiger partial charge on any atom is -0.347 e. The first-order valence-corrected chi connectivity index (χ1v) is 8.90. The summed E-state index contributed by atoms with van der Waals surface area (Å²) in [5.74, 6) is -0.126. The number of nitrogens with one attached hydrogen (secondary N) is 2. The summed E-state index contributed by atoms with van der Waals surface area (Å²) in [7, 11) is 1.69. The average Bonchev–Trinajstić information content (AvgIpc) is 3.02. The van der Waals surface area contributed by atoms with Crippen LogP contribution in [0.3, 0.4) is 0 Å². The number of amides is 2. The molecule has 1 aromatic heterocycles. The molecule has 7 heteroatoms. The zero-order valence-electron chi connectivity index (χ0n) is 14.8. The van der Waals surface area contributed by atoms with Gasteiger partial charge in [0.15, 0.2) is 5.69 Å². The minimum absolute atomic E-state index is 0.00836. The van der Waals surface area contributed by atoms with Crippen molar-refractivity contribution in [3.8, 4) is 0 Å². The summed E-state index contributed by atoms with van der Waals surface area (Å²) < 4.78 is 14.4. The molecule has 2 aromatic rings. The zero-order valence-corrected chi connectivity index (χ0v) is 14.8. The Morgan fingerprint density at radius 2 is 1.88 bits per heavy atom. The normalized spacial score (nSPS) is 14.8. The fourth-order valence-corrected chi connectivity index (χ4v) is 3.16. The standard InChI is InChI=1S/C19H23FN4O2/c1-24-17(22-18(25)14-5-3-2-4-6-14)11-16(23-24)19(26)21-12-13-7-9-15(20)10-8-13/h7-11,14H,2-6,12H2,1H3,(H,21,26)(H,22,25). The highest BCUT2D eigenvalue weighted by molar-refractivity contribution is 5.96. The van der Waals surface area contributed by atoms with Crippen LogP contribution in [0.5, 0.6) is 0 Å². The van der Waals surface area contributed by atoms with Gasteiger partial charge in [-0.25, -0.2) is 4.39 Å². The van der Waals surface area contributed by atoms with Gasteiger partial charge in [0, 0.05) is 25.6 Å². The Balaban J connectivity index is 1.58. The summed E-state index contributed by atoms with van der Waals surface area (Å²) in [6, 6.07) is 7.50. The van der Waals surface area contributed by atoms with Gasteiger partial charge in [-0.05, 0) is 30.5 Å². The van der Waals surface area contributed by atoms with Crippen molar-refractivity contribution in [3.63, 3.8) is 0 Å². The smallest absolute Gasteiger partial charge is 0.272 e.